The van der Waals surface area contributed by atoms with Crippen LogP contribution in [0.25, 0.3) is 10.9 Å². The minimum atomic E-state index is -1.59. The number of carboxylic acid groups (broad SMARTS) is 1. The monoisotopic (exact) mass is 440 g/mol. The molecule has 2 unspecified atom stereocenters. The zero-order valence-corrected chi connectivity index (χ0v) is 16.9. The standard InChI is InChI=1S/C19H21FN4O5.ClH/c20-14-15-12(16(25)13(29-18(26)27)7-24(15)11-1-2-11)5-22-17(14)23-6-10-3-4-28-19(10,8-21)9-23;/h5,7,10-11H,1-4,6,8-9,21H2,(H,26,27);1H. The largest absolute Gasteiger partial charge is 0.511 e. The van der Waals surface area contributed by atoms with E-state index in [2.05, 4.69) is 9.72 Å². The van der Waals surface area contributed by atoms with Crippen molar-refractivity contribution in [1.29, 1.82) is 0 Å². The summed E-state index contributed by atoms with van der Waals surface area (Å²) in [6.45, 7) is 2.03. The van der Waals surface area contributed by atoms with Crippen molar-refractivity contribution in [2.45, 2.75) is 30.9 Å². The van der Waals surface area contributed by atoms with E-state index in [0.29, 0.717) is 26.2 Å². The first-order valence-corrected chi connectivity index (χ1v) is 9.66. The number of anilines is 1. The second-order valence-corrected chi connectivity index (χ2v) is 7.97. The molecular formula is C19H22ClFN4O5. The number of halogens is 2. The van der Waals surface area contributed by atoms with E-state index in [-0.39, 0.29) is 46.8 Å². The number of ether oxygens (including phenoxy) is 2. The molecule has 5 rings (SSSR count). The summed E-state index contributed by atoms with van der Waals surface area (Å²) in [5.41, 5.74) is 4.89. The highest BCUT2D eigenvalue weighted by Crippen LogP contribution is 2.42. The zero-order chi connectivity index (χ0) is 20.3. The number of aromatic nitrogens is 2. The Bertz CT molecular complexity index is 1080. The Morgan fingerprint density at radius 3 is 2.83 bits per heavy atom. The van der Waals surface area contributed by atoms with Crippen LogP contribution < -0.4 is 20.8 Å². The van der Waals surface area contributed by atoms with Gasteiger partial charge in [-0.05, 0) is 19.3 Å². The average Bonchev–Trinajstić information content (AvgIpc) is 3.35. The topological polar surface area (TPSA) is 120 Å². The molecule has 162 valence electrons. The summed E-state index contributed by atoms with van der Waals surface area (Å²) >= 11 is 0. The maximum absolute atomic E-state index is 15.7. The highest BCUT2D eigenvalue weighted by Gasteiger charge is 2.51. The molecular weight excluding hydrogens is 419 g/mol. The smallest absolute Gasteiger partial charge is 0.449 e. The van der Waals surface area contributed by atoms with Gasteiger partial charge in [-0.15, -0.1) is 12.4 Å². The Kier molecular flexibility index (Phi) is 5.11. The van der Waals surface area contributed by atoms with Crippen molar-refractivity contribution in [3.05, 3.63) is 28.4 Å². The van der Waals surface area contributed by atoms with Gasteiger partial charge in [0.15, 0.2) is 17.4 Å². The van der Waals surface area contributed by atoms with Crippen molar-refractivity contribution in [2.75, 3.05) is 31.1 Å². The molecule has 0 amide bonds. The summed E-state index contributed by atoms with van der Waals surface area (Å²) in [5, 5.41) is 8.89. The third kappa shape index (κ3) is 3.10. The van der Waals surface area contributed by atoms with E-state index < -0.39 is 23.0 Å². The molecule has 0 bridgehead atoms. The van der Waals surface area contributed by atoms with Crippen molar-refractivity contribution < 1.29 is 23.8 Å². The van der Waals surface area contributed by atoms with Crippen molar-refractivity contribution >= 4 is 35.3 Å². The lowest BCUT2D eigenvalue weighted by Gasteiger charge is -2.26. The predicted molar refractivity (Wildman–Crippen MR) is 108 cm³/mol. The van der Waals surface area contributed by atoms with E-state index in [0.717, 1.165) is 19.3 Å². The minimum Gasteiger partial charge on any atom is -0.449 e. The van der Waals surface area contributed by atoms with Crippen LogP contribution in [0.3, 0.4) is 0 Å². The molecule has 2 aliphatic heterocycles. The SMILES string of the molecule is Cl.NCC12CN(c3ncc4c(=O)c(OC(=O)O)cn(C5CC5)c4c3F)CC1CCO2. The first kappa shape index (κ1) is 20.8. The zero-order valence-electron chi connectivity index (χ0n) is 16.0. The molecule has 9 nitrogen and oxygen atoms in total. The molecule has 4 heterocycles. The highest BCUT2D eigenvalue weighted by atomic mass is 35.5. The van der Waals surface area contributed by atoms with Crippen LogP contribution in [0.5, 0.6) is 5.75 Å². The summed E-state index contributed by atoms with van der Waals surface area (Å²) in [6, 6.07) is -0.00401. The fourth-order valence-corrected chi connectivity index (χ4v) is 4.62. The molecule has 2 aromatic rings. The van der Waals surface area contributed by atoms with E-state index in [1.54, 1.807) is 4.57 Å². The molecule has 2 aromatic heterocycles. The van der Waals surface area contributed by atoms with E-state index in [1.165, 1.54) is 12.4 Å². The number of fused-ring (bicyclic) bond motifs is 2. The Hall–Kier alpha value is -2.43. The number of hydrogen-bond donors (Lipinski definition) is 2. The quantitative estimate of drug-likeness (QED) is 0.692. The first-order valence-electron chi connectivity index (χ1n) is 9.66. The normalized spacial score (nSPS) is 25.3. The van der Waals surface area contributed by atoms with Gasteiger partial charge in [-0.1, -0.05) is 0 Å². The van der Waals surface area contributed by atoms with Gasteiger partial charge in [0.05, 0.1) is 23.6 Å². The van der Waals surface area contributed by atoms with Crippen LogP contribution in [0.2, 0.25) is 0 Å². The molecule has 3 N–H and O–H groups in total. The van der Waals surface area contributed by atoms with E-state index >= 15 is 4.39 Å². The molecule has 30 heavy (non-hydrogen) atoms. The first-order chi connectivity index (χ1) is 13.9. The molecule has 1 saturated carbocycles. The van der Waals surface area contributed by atoms with Crippen LogP contribution in [0.1, 0.15) is 25.3 Å². The second kappa shape index (κ2) is 7.36. The number of nitrogens with two attached hydrogens (primary N) is 1. The lowest BCUT2D eigenvalue weighted by molar-refractivity contribution is 0.0126. The van der Waals surface area contributed by atoms with E-state index in [4.69, 9.17) is 15.6 Å². The molecule has 11 heteroatoms. The molecule has 2 atom stereocenters. The summed E-state index contributed by atoms with van der Waals surface area (Å²) in [4.78, 5) is 29.6. The molecule has 0 radical (unpaired) electrons. The Morgan fingerprint density at radius 1 is 1.43 bits per heavy atom. The van der Waals surface area contributed by atoms with Gasteiger partial charge in [-0.25, -0.2) is 14.2 Å². The third-order valence-electron chi connectivity index (χ3n) is 6.24. The molecule has 1 aliphatic carbocycles. The number of carbonyl (C=O) groups is 1. The second-order valence-electron chi connectivity index (χ2n) is 7.97. The fraction of sp³-hybridized carbons (Fsp3) is 0.526. The summed E-state index contributed by atoms with van der Waals surface area (Å²) in [6.07, 6.45) is 3.49. The minimum absolute atomic E-state index is 0. The van der Waals surface area contributed by atoms with Gasteiger partial charge in [-0.2, -0.15) is 0 Å². The third-order valence-corrected chi connectivity index (χ3v) is 6.24. The van der Waals surface area contributed by atoms with Crippen LogP contribution in [-0.2, 0) is 4.74 Å². The number of nitrogens with zero attached hydrogens (tertiary/aromatic N) is 3. The van der Waals surface area contributed by atoms with Crippen LogP contribution in [-0.4, -0.2) is 52.7 Å². The Morgan fingerprint density at radius 2 is 2.20 bits per heavy atom. The van der Waals surface area contributed by atoms with Gasteiger partial charge in [-0.3, -0.25) is 4.79 Å². The number of rotatable bonds is 4. The predicted octanol–water partition coefficient (Wildman–Crippen LogP) is 1.90. The van der Waals surface area contributed by atoms with Gasteiger partial charge in [0.1, 0.15) is 5.60 Å². The molecule has 0 aromatic carbocycles. The van der Waals surface area contributed by atoms with Gasteiger partial charge >= 0.3 is 6.16 Å². The van der Waals surface area contributed by atoms with E-state index in [1.807, 2.05) is 4.90 Å². The summed E-state index contributed by atoms with van der Waals surface area (Å²) in [7, 11) is 0. The van der Waals surface area contributed by atoms with Crippen LogP contribution in [0.15, 0.2) is 17.2 Å². The van der Waals surface area contributed by atoms with Crippen LogP contribution in [0, 0.1) is 11.7 Å². The van der Waals surface area contributed by atoms with Crippen molar-refractivity contribution in [3.63, 3.8) is 0 Å². The van der Waals surface area contributed by atoms with E-state index in [9.17, 15) is 9.59 Å². The van der Waals surface area contributed by atoms with Gasteiger partial charge in [0.2, 0.25) is 5.43 Å². The lowest BCUT2D eigenvalue weighted by atomic mass is 9.91. The Balaban J connectivity index is 0.00000218. The number of pyridine rings is 2. The summed E-state index contributed by atoms with van der Waals surface area (Å²) in [5.74, 6) is -0.581. The van der Waals surface area contributed by atoms with Gasteiger partial charge in [0.25, 0.3) is 0 Å². The molecule has 2 saturated heterocycles. The maximum atomic E-state index is 15.7. The van der Waals surface area contributed by atoms with Gasteiger partial charge in [0, 0.05) is 37.9 Å². The summed E-state index contributed by atoms with van der Waals surface area (Å²) < 4.78 is 27.8. The average molecular weight is 441 g/mol. The maximum Gasteiger partial charge on any atom is 0.511 e. The molecule has 3 fully saturated rings. The number of hydrogen-bond acceptors (Lipinski definition) is 7. The molecule has 0 spiro atoms. The van der Waals surface area contributed by atoms with Crippen LogP contribution >= 0.6 is 12.4 Å². The van der Waals surface area contributed by atoms with Crippen LogP contribution in [0.4, 0.5) is 15.0 Å². The van der Waals surface area contributed by atoms with Crippen molar-refractivity contribution in [1.82, 2.24) is 9.55 Å². The van der Waals surface area contributed by atoms with Crippen molar-refractivity contribution in [3.8, 4) is 5.75 Å². The van der Waals surface area contributed by atoms with Crippen molar-refractivity contribution in [2.24, 2.45) is 11.7 Å². The fourth-order valence-electron chi connectivity index (χ4n) is 4.62. The lowest BCUT2D eigenvalue weighted by Crippen LogP contribution is -2.44. The molecule has 3 aliphatic rings. The van der Waals surface area contributed by atoms with Gasteiger partial charge < -0.3 is 29.8 Å². The highest BCUT2D eigenvalue weighted by molar-refractivity contribution is 5.85. The Labute approximate surface area is 177 Å².